The SMILES string of the molecule is COc1c(I)cc(C(=O)Nc2scc(-c3ccc(F)cc3)c2C(=O)O)c(I)c1I. The molecule has 0 saturated heterocycles. The molecular formula is C19H11FI3NO4S. The number of carbonyl (C=O) groups excluding carboxylic acids is 1. The van der Waals surface area contributed by atoms with Crippen LogP contribution in [0.1, 0.15) is 20.7 Å². The van der Waals surface area contributed by atoms with Crippen LogP contribution in [0.3, 0.4) is 0 Å². The molecule has 0 spiro atoms. The molecular weight excluding hydrogens is 738 g/mol. The van der Waals surface area contributed by atoms with E-state index in [9.17, 15) is 19.1 Å². The molecule has 0 bridgehead atoms. The molecule has 0 aliphatic carbocycles. The third-order valence-electron chi connectivity index (χ3n) is 3.95. The average Bonchev–Trinajstić information content (AvgIpc) is 3.09. The Morgan fingerprint density at radius 1 is 1.14 bits per heavy atom. The van der Waals surface area contributed by atoms with Crippen LogP contribution >= 0.6 is 79.1 Å². The Hall–Kier alpha value is -1.000. The van der Waals surface area contributed by atoms with Crippen LogP contribution in [0.25, 0.3) is 11.1 Å². The monoisotopic (exact) mass is 749 g/mol. The smallest absolute Gasteiger partial charge is 0.339 e. The van der Waals surface area contributed by atoms with E-state index >= 15 is 0 Å². The van der Waals surface area contributed by atoms with E-state index in [0.29, 0.717) is 26.0 Å². The van der Waals surface area contributed by atoms with Crippen molar-refractivity contribution in [3.63, 3.8) is 0 Å². The van der Waals surface area contributed by atoms with Gasteiger partial charge in [-0.05, 0) is 91.5 Å². The minimum atomic E-state index is -1.17. The van der Waals surface area contributed by atoms with Crippen LogP contribution in [0.4, 0.5) is 9.39 Å². The third-order valence-corrected chi connectivity index (χ3v) is 8.83. The van der Waals surface area contributed by atoms with Gasteiger partial charge in [-0.15, -0.1) is 11.3 Å². The number of carboxylic acids is 1. The van der Waals surface area contributed by atoms with Crippen molar-refractivity contribution in [1.82, 2.24) is 0 Å². The van der Waals surface area contributed by atoms with Crippen molar-refractivity contribution in [1.29, 1.82) is 0 Å². The highest BCUT2D eigenvalue weighted by Crippen LogP contribution is 2.37. The molecule has 0 radical (unpaired) electrons. The van der Waals surface area contributed by atoms with Crippen LogP contribution < -0.4 is 10.1 Å². The fraction of sp³-hybridized carbons (Fsp3) is 0.0526. The van der Waals surface area contributed by atoms with Gasteiger partial charge in [-0.2, -0.15) is 0 Å². The van der Waals surface area contributed by atoms with Crippen molar-refractivity contribution in [2.45, 2.75) is 0 Å². The minimum absolute atomic E-state index is 0.0251. The number of anilines is 1. The van der Waals surface area contributed by atoms with Gasteiger partial charge in [0.15, 0.2) is 0 Å². The molecule has 10 heteroatoms. The number of benzene rings is 2. The first-order valence-electron chi connectivity index (χ1n) is 7.88. The molecule has 0 unspecified atom stereocenters. The summed E-state index contributed by atoms with van der Waals surface area (Å²) in [7, 11) is 1.57. The average molecular weight is 749 g/mol. The largest absolute Gasteiger partial charge is 0.494 e. The zero-order valence-corrected chi connectivity index (χ0v) is 21.8. The van der Waals surface area contributed by atoms with Crippen LogP contribution in [-0.4, -0.2) is 24.1 Å². The summed E-state index contributed by atoms with van der Waals surface area (Å²) in [6.07, 6.45) is 0. The van der Waals surface area contributed by atoms with Crippen LogP contribution in [-0.2, 0) is 0 Å². The van der Waals surface area contributed by atoms with Crippen molar-refractivity contribution in [2.24, 2.45) is 0 Å². The Morgan fingerprint density at radius 3 is 2.38 bits per heavy atom. The number of amides is 1. The summed E-state index contributed by atoms with van der Waals surface area (Å²) in [6.45, 7) is 0. The fourth-order valence-electron chi connectivity index (χ4n) is 2.61. The summed E-state index contributed by atoms with van der Waals surface area (Å²) in [4.78, 5) is 24.8. The van der Waals surface area contributed by atoms with Gasteiger partial charge in [-0.3, -0.25) is 4.79 Å². The van der Waals surface area contributed by atoms with Crippen molar-refractivity contribution in [2.75, 3.05) is 12.4 Å². The van der Waals surface area contributed by atoms with Crippen molar-refractivity contribution in [3.8, 4) is 16.9 Å². The van der Waals surface area contributed by atoms with Gasteiger partial charge in [0, 0.05) is 14.5 Å². The summed E-state index contributed by atoms with van der Waals surface area (Å²) in [5, 5.41) is 14.3. The van der Waals surface area contributed by atoms with E-state index in [-0.39, 0.29) is 10.6 Å². The second-order valence-corrected chi connectivity index (χ2v) is 9.89. The molecule has 3 rings (SSSR count). The van der Waals surface area contributed by atoms with Crippen molar-refractivity contribution >= 4 is 96.0 Å². The third kappa shape index (κ3) is 4.69. The fourth-order valence-corrected chi connectivity index (χ4v) is 6.33. The van der Waals surface area contributed by atoms with Gasteiger partial charge in [0.1, 0.15) is 22.1 Å². The normalized spacial score (nSPS) is 10.7. The van der Waals surface area contributed by atoms with E-state index in [1.807, 2.05) is 0 Å². The number of methoxy groups -OCH3 is 1. The molecule has 0 aliphatic rings. The number of aromatic carboxylic acids is 1. The second kappa shape index (κ2) is 9.43. The predicted octanol–water partition coefficient (Wildman–Crippen LogP) is 6.33. The highest BCUT2D eigenvalue weighted by Gasteiger charge is 2.24. The number of ether oxygens (including phenoxy) is 1. The molecule has 0 aliphatic heterocycles. The van der Waals surface area contributed by atoms with E-state index in [1.165, 1.54) is 24.3 Å². The summed E-state index contributed by atoms with van der Waals surface area (Å²) in [6, 6.07) is 7.24. The number of hydrogen-bond donors (Lipinski definition) is 2. The Kier molecular flexibility index (Phi) is 7.37. The highest BCUT2D eigenvalue weighted by molar-refractivity contribution is 14.1. The molecule has 2 aromatic carbocycles. The van der Waals surface area contributed by atoms with E-state index in [2.05, 4.69) is 73.1 Å². The maximum atomic E-state index is 13.2. The minimum Gasteiger partial charge on any atom is -0.494 e. The molecule has 2 N–H and O–H groups in total. The number of thiophene rings is 1. The molecule has 1 heterocycles. The lowest BCUT2D eigenvalue weighted by Gasteiger charge is -2.13. The maximum absolute atomic E-state index is 13.2. The van der Waals surface area contributed by atoms with Crippen LogP contribution in [0, 0.1) is 16.5 Å². The Bertz CT molecular complexity index is 1120. The second-order valence-electron chi connectivity index (χ2n) is 5.69. The number of carbonyl (C=O) groups is 2. The first-order valence-corrected chi connectivity index (χ1v) is 12.0. The molecule has 3 aromatic rings. The molecule has 0 fully saturated rings. The quantitative estimate of drug-likeness (QED) is 0.237. The lowest BCUT2D eigenvalue weighted by molar-refractivity contribution is 0.0699. The molecule has 1 aromatic heterocycles. The van der Waals surface area contributed by atoms with E-state index in [1.54, 1.807) is 18.6 Å². The van der Waals surface area contributed by atoms with Crippen molar-refractivity contribution < 1.29 is 23.8 Å². The molecule has 0 atom stereocenters. The van der Waals surface area contributed by atoms with E-state index in [4.69, 9.17) is 4.74 Å². The molecule has 1 amide bonds. The zero-order valence-electron chi connectivity index (χ0n) is 14.6. The van der Waals surface area contributed by atoms with Gasteiger partial charge >= 0.3 is 5.97 Å². The van der Waals surface area contributed by atoms with Gasteiger partial charge < -0.3 is 15.2 Å². The number of hydrogen-bond acceptors (Lipinski definition) is 4. The van der Waals surface area contributed by atoms with Gasteiger partial charge in [0.2, 0.25) is 0 Å². The Labute approximate surface area is 210 Å². The maximum Gasteiger partial charge on any atom is 0.339 e. The molecule has 150 valence electrons. The summed E-state index contributed by atoms with van der Waals surface area (Å²) in [5.41, 5.74) is 1.38. The predicted molar refractivity (Wildman–Crippen MR) is 136 cm³/mol. The van der Waals surface area contributed by atoms with Gasteiger partial charge in [-0.25, -0.2) is 9.18 Å². The number of rotatable bonds is 5. The lowest BCUT2D eigenvalue weighted by Crippen LogP contribution is -2.16. The lowest BCUT2D eigenvalue weighted by atomic mass is 10.0. The number of nitrogens with one attached hydrogen (secondary N) is 1. The summed E-state index contributed by atoms with van der Waals surface area (Å²) >= 11 is 7.38. The standard InChI is InChI=1S/C19H11FI3NO4S/c1-28-16-12(21)6-10(14(22)15(16)23)17(25)24-18-13(19(26)27)11(7-29-18)8-2-4-9(20)5-3-8/h2-7H,1H3,(H,24,25)(H,26,27). The number of halogens is 4. The first kappa shape index (κ1) is 22.7. The van der Waals surface area contributed by atoms with Gasteiger partial charge in [0.25, 0.3) is 5.91 Å². The van der Waals surface area contributed by atoms with E-state index in [0.717, 1.165) is 18.5 Å². The van der Waals surface area contributed by atoms with Crippen LogP contribution in [0.2, 0.25) is 0 Å². The zero-order chi connectivity index (χ0) is 21.3. The summed E-state index contributed by atoms with van der Waals surface area (Å²) in [5.74, 6) is -1.31. The highest BCUT2D eigenvalue weighted by atomic mass is 127. The van der Waals surface area contributed by atoms with Crippen LogP contribution in [0.15, 0.2) is 35.7 Å². The topological polar surface area (TPSA) is 75.6 Å². The van der Waals surface area contributed by atoms with Crippen LogP contribution in [0.5, 0.6) is 5.75 Å². The van der Waals surface area contributed by atoms with E-state index < -0.39 is 17.7 Å². The first-order chi connectivity index (χ1) is 13.7. The Balaban J connectivity index is 2.00. The van der Waals surface area contributed by atoms with Gasteiger partial charge in [-0.1, -0.05) is 12.1 Å². The molecule has 5 nitrogen and oxygen atoms in total. The molecule has 0 saturated carbocycles. The summed E-state index contributed by atoms with van der Waals surface area (Å²) < 4.78 is 20.9. The van der Waals surface area contributed by atoms with Crippen molar-refractivity contribution in [3.05, 3.63) is 63.4 Å². The van der Waals surface area contributed by atoms with Gasteiger partial charge in [0.05, 0.1) is 19.8 Å². The number of carboxylic acid groups (broad SMARTS) is 1. The molecule has 29 heavy (non-hydrogen) atoms. The Morgan fingerprint density at radius 2 is 1.79 bits per heavy atom.